The number of halogens is 1. The van der Waals surface area contributed by atoms with E-state index in [0.717, 1.165) is 41.9 Å². The lowest BCUT2D eigenvalue weighted by molar-refractivity contribution is 0.0157. The number of hydrogen-bond acceptors (Lipinski definition) is 4. The zero-order valence-electron chi connectivity index (χ0n) is 15.6. The summed E-state index contributed by atoms with van der Waals surface area (Å²) in [6.07, 6.45) is 2.06. The van der Waals surface area contributed by atoms with E-state index in [-0.39, 0.29) is 5.82 Å². The van der Waals surface area contributed by atoms with Gasteiger partial charge in [-0.25, -0.2) is 4.39 Å². The van der Waals surface area contributed by atoms with Crippen molar-refractivity contribution in [2.45, 2.75) is 24.3 Å². The maximum Gasteiger partial charge on any atom is 0.141 e. The predicted molar refractivity (Wildman–Crippen MR) is 110 cm³/mol. The molecule has 3 aromatic carbocycles. The van der Waals surface area contributed by atoms with E-state index in [9.17, 15) is 4.39 Å². The summed E-state index contributed by atoms with van der Waals surface area (Å²) < 4.78 is 30.9. The highest BCUT2D eigenvalue weighted by Crippen LogP contribution is 2.28. The highest BCUT2D eigenvalue weighted by Gasteiger charge is 2.14. The van der Waals surface area contributed by atoms with E-state index in [1.807, 2.05) is 24.3 Å². The summed E-state index contributed by atoms with van der Waals surface area (Å²) in [6.45, 7) is 2.67. The van der Waals surface area contributed by atoms with Gasteiger partial charge in [-0.1, -0.05) is 30.3 Å². The molecule has 146 valence electrons. The first-order valence-electron chi connectivity index (χ1n) is 9.54. The number of ether oxygens (including phenoxy) is 2. The van der Waals surface area contributed by atoms with Gasteiger partial charge in [-0.3, -0.25) is 0 Å². The minimum Gasteiger partial charge on any atom is -0.421 e. The molecule has 0 radical (unpaired) electrons. The summed E-state index contributed by atoms with van der Waals surface area (Å²) >= 11 is 1.23. The normalized spacial score (nSPS) is 15.0. The van der Waals surface area contributed by atoms with Crippen molar-refractivity contribution in [1.82, 2.24) is 0 Å². The lowest BCUT2D eigenvalue weighted by Gasteiger charge is -2.21. The van der Waals surface area contributed by atoms with Crippen LogP contribution in [0.2, 0.25) is 0 Å². The quantitative estimate of drug-likeness (QED) is 0.456. The van der Waals surface area contributed by atoms with Crippen LogP contribution in [0.4, 0.5) is 4.39 Å². The van der Waals surface area contributed by atoms with Crippen molar-refractivity contribution < 1.29 is 18.0 Å². The average molecular weight is 398 g/mol. The van der Waals surface area contributed by atoms with Crippen LogP contribution < -0.4 is 4.18 Å². The van der Waals surface area contributed by atoms with Crippen LogP contribution in [0.15, 0.2) is 65.6 Å². The van der Waals surface area contributed by atoms with Crippen molar-refractivity contribution in [1.29, 1.82) is 0 Å². The van der Waals surface area contributed by atoms with Crippen molar-refractivity contribution in [3.8, 4) is 5.75 Å². The second-order valence-electron chi connectivity index (χ2n) is 7.04. The Hall–Kier alpha value is -2.08. The predicted octanol–water partition coefficient (Wildman–Crippen LogP) is 6.01. The molecule has 0 amide bonds. The molecule has 0 aliphatic carbocycles. The number of fused-ring (bicyclic) bond motifs is 1. The first-order chi connectivity index (χ1) is 13.8. The van der Waals surface area contributed by atoms with E-state index >= 15 is 0 Å². The standard InChI is InChI=1S/C23H23FO3S/c24-21-11-18(16-26-15-17-7-9-25-10-8-17)12-22(14-21)27-28-23-6-5-19-3-1-2-4-20(19)13-23/h1-6,11-14,17H,7-10,15-16H2. The second kappa shape index (κ2) is 9.41. The fraction of sp³-hybridized carbons (Fsp3) is 0.304. The van der Waals surface area contributed by atoms with E-state index < -0.39 is 0 Å². The molecule has 0 aromatic heterocycles. The van der Waals surface area contributed by atoms with Gasteiger partial charge in [0.05, 0.1) is 25.3 Å². The van der Waals surface area contributed by atoms with E-state index in [1.165, 1.54) is 29.6 Å². The van der Waals surface area contributed by atoms with Crippen LogP contribution in [-0.4, -0.2) is 19.8 Å². The number of benzene rings is 3. The third-order valence-electron chi connectivity index (χ3n) is 4.85. The fourth-order valence-corrected chi connectivity index (χ4v) is 3.91. The van der Waals surface area contributed by atoms with Crippen LogP contribution in [-0.2, 0) is 16.1 Å². The van der Waals surface area contributed by atoms with Crippen molar-refractivity contribution in [2.24, 2.45) is 5.92 Å². The first-order valence-corrected chi connectivity index (χ1v) is 10.3. The molecule has 0 spiro atoms. The molecular formula is C23H23FO3S. The van der Waals surface area contributed by atoms with Gasteiger partial charge >= 0.3 is 0 Å². The van der Waals surface area contributed by atoms with E-state index in [1.54, 1.807) is 0 Å². The monoisotopic (exact) mass is 398 g/mol. The molecule has 1 saturated heterocycles. The molecule has 0 atom stereocenters. The maximum atomic E-state index is 14.0. The van der Waals surface area contributed by atoms with Crippen LogP contribution in [0, 0.1) is 11.7 Å². The van der Waals surface area contributed by atoms with Crippen molar-refractivity contribution >= 4 is 22.8 Å². The molecule has 1 fully saturated rings. The molecule has 5 heteroatoms. The van der Waals surface area contributed by atoms with Gasteiger partial charge in [0.15, 0.2) is 0 Å². The Morgan fingerprint density at radius 3 is 2.64 bits per heavy atom. The van der Waals surface area contributed by atoms with E-state index in [2.05, 4.69) is 24.3 Å². The summed E-state index contributed by atoms with van der Waals surface area (Å²) in [7, 11) is 0. The van der Waals surface area contributed by atoms with Crippen LogP contribution in [0.3, 0.4) is 0 Å². The Kier molecular flexibility index (Phi) is 6.47. The van der Waals surface area contributed by atoms with Crippen LogP contribution in [0.5, 0.6) is 5.75 Å². The lowest BCUT2D eigenvalue weighted by atomic mass is 10.0. The van der Waals surface area contributed by atoms with Crippen LogP contribution >= 0.6 is 12.0 Å². The average Bonchev–Trinajstić information content (AvgIpc) is 2.72. The van der Waals surface area contributed by atoms with Crippen molar-refractivity contribution in [3.63, 3.8) is 0 Å². The van der Waals surface area contributed by atoms with Crippen LogP contribution in [0.1, 0.15) is 18.4 Å². The fourth-order valence-electron chi connectivity index (χ4n) is 3.32. The number of rotatable bonds is 7. The molecule has 28 heavy (non-hydrogen) atoms. The Bertz CT molecular complexity index is 925. The Morgan fingerprint density at radius 2 is 1.79 bits per heavy atom. The topological polar surface area (TPSA) is 27.7 Å². The zero-order chi connectivity index (χ0) is 19.2. The molecule has 3 nitrogen and oxygen atoms in total. The van der Waals surface area contributed by atoms with Gasteiger partial charge in [-0.15, -0.1) is 0 Å². The minimum absolute atomic E-state index is 0.318. The van der Waals surface area contributed by atoms with Crippen molar-refractivity contribution in [2.75, 3.05) is 19.8 Å². The molecule has 0 N–H and O–H groups in total. The summed E-state index contributed by atoms with van der Waals surface area (Å²) in [5, 5.41) is 2.33. The Balaban J connectivity index is 1.34. The minimum atomic E-state index is -0.318. The van der Waals surface area contributed by atoms with Gasteiger partial charge in [0.1, 0.15) is 11.6 Å². The summed E-state index contributed by atoms with van der Waals surface area (Å²) in [4.78, 5) is 0.972. The van der Waals surface area contributed by atoms with Crippen LogP contribution in [0.25, 0.3) is 10.8 Å². The Morgan fingerprint density at radius 1 is 0.964 bits per heavy atom. The summed E-state index contributed by atoms with van der Waals surface area (Å²) in [6, 6.07) is 19.0. The molecule has 1 aliphatic heterocycles. The third kappa shape index (κ3) is 5.25. The molecular weight excluding hydrogens is 375 g/mol. The molecule has 1 heterocycles. The molecule has 0 saturated carbocycles. The maximum absolute atomic E-state index is 14.0. The Labute approximate surface area is 169 Å². The largest absolute Gasteiger partial charge is 0.421 e. The molecule has 3 aromatic rings. The molecule has 1 aliphatic rings. The summed E-state index contributed by atoms with van der Waals surface area (Å²) in [5.74, 6) is 0.700. The first kappa shape index (κ1) is 19.2. The second-order valence-corrected chi connectivity index (χ2v) is 7.85. The van der Waals surface area contributed by atoms with Gasteiger partial charge in [-0.2, -0.15) is 0 Å². The van der Waals surface area contributed by atoms with E-state index in [4.69, 9.17) is 13.7 Å². The highest BCUT2D eigenvalue weighted by atomic mass is 32.2. The highest BCUT2D eigenvalue weighted by molar-refractivity contribution is 7.95. The van der Waals surface area contributed by atoms with Gasteiger partial charge in [0.2, 0.25) is 0 Å². The zero-order valence-corrected chi connectivity index (χ0v) is 16.4. The van der Waals surface area contributed by atoms with Gasteiger partial charge in [0, 0.05) is 24.2 Å². The van der Waals surface area contributed by atoms with Gasteiger partial charge in [-0.05, 0) is 59.4 Å². The lowest BCUT2D eigenvalue weighted by Crippen LogP contribution is -2.20. The number of hydrogen-bond donors (Lipinski definition) is 0. The van der Waals surface area contributed by atoms with Gasteiger partial charge in [0.25, 0.3) is 0 Å². The molecule has 0 bridgehead atoms. The summed E-state index contributed by atoms with van der Waals surface area (Å²) in [5.41, 5.74) is 0.779. The third-order valence-corrected chi connectivity index (χ3v) is 5.57. The smallest absolute Gasteiger partial charge is 0.141 e. The molecule has 4 rings (SSSR count). The van der Waals surface area contributed by atoms with E-state index in [0.29, 0.717) is 24.9 Å². The SMILES string of the molecule is Fc1cc(COCC2CCOCC2)cc(OSc2ccc3ccccc3c2)c1. The van der Waals surface area contributed by atoms with Crippen molar-refractivity contribution in [3.05, 3.63) is 72.0 Å². The molecule has 0 unspecified atom stereocenters. The van der Waals surface area contributed by atoms with Gasteiger partial charge < -0.3 is 13.7 Å².